The smallest absolute Gasteiger partial charge is 0.330 e. The van der Waals surface area contributed by atoms with E-state index in [-0.39, 0.29) is 24.7 Å². The van der Waals surface area contributed by atoms with E-state index < -0.39 is 17.2 Å². The van der Waals surface area contributed by atoms with Gasteiger partial charge in [0.25, 0.3) is 11.5 Å². The molecule has 0 aliphatic carbocycles. The molecule has 1 heterocycles. The number of nitriles is 1. The van der Waals surface area contributed by atoms with Gasteiger partial charge in [-0.05, 0) is 29.3 Å². The van der Waals surface area contributed by atoms with Gasteiger partial charge < -0.3 is 20.1 Å². The number of amides is 1. The normalized spacial score (nSPS) is 10.6. The van der Waals surface area contributed by atoms with Crippen molar-refractivity contribution < 1.29 is 14.3 Å². The fourth-order valence-corrected chi connectivity index (χ4v) is 3.23. The lowest BCUT2D eigenvalue weighted by Crippen LogP contribution is -2.39. The van der Waals surface area contributed by atoms with Gasteiger partial charge in [-0.25, -0.2) is 4.79 Å². The van der Waals surface area contributed by atoms with E-state index in [1.807, 2.05) is 36.4 Å². The first-order chi connectivity index (χ1) is 16.3. The van der Waals surface area contributed by atoms with Gasteiger partial charge in [-0.2, -0.15) is 5.26 Å². The summed E-state index contributed by atoms with van der Waals surface area (Å²) in [5.41, 5.74) is 6.00. The van der Waals surface area contributed by atoms with E-state index in [9.17, 15) is 14.4 Å². The Morgan fingerprint density at radius 3 is 2.62 bits per heavy atom. The van der Waals surface area contributed by atoms with Crippen LogP contribution in [0.5, 0.6) is 11.5 Å². The Kier molecular flexibility index (Phi) is 7.51. The molecule has 0 radical (unpaired) electrons. The first kappa shape index (κ1) is 23.9. The highest BCUT2D eigenvalue weighted by Crippen LogP contribution is 2.28. The van der Waals surface area contributed by atoms with Crippen LogP contribution >= 0.6 is 0 Å². The molecule has 3 N–H and O–H groups in total. The van der Waals surface area contributed by atoms with E-state index in [4.69, 9.17) is 20.5 Å². The molecule has 1 amide bonds. The number of hydrogen-bond acceptors (Lipinski definition) is 7. The fraction of sp³-hybridized carbons (Fsp3) is 0.167. The number of carbonyl (C=O) groups is 1. The monoisotopic (exact) mass is 461 g/mol. The number of rotatable bonds is 8. The maximum Gasteiger partial charge on any atom is 0.330 e. The molecule has 10 heteroatoms. The number of nitrogens with two attached hydrogens (primary N) is 1. The lowest BCUT2D eigenvalue weighted by molar-refractivity contribution is -0.113. The van der Waals surface area contributed by atoms with Crippen LogP contribution in [-0.4, -0.2) is 36.2 Å². The van der Waals surface area contributed by atoms with Crippen LogP contribution in [0.2, 0.25) is 0 Å². The molecule has 1 aromatic heterocycles. The Morgan fingerprint density at radius 1 is 1.21 bits per heavy atom. The van der Waals surface area contributed by atoms with Crippen LogP contribution in [0.4, 0.5) is 11.5 Å². The van der Waals surface area contributed by atoms with Gasteiger partial charge >= 0.3 is 5.69 Å². The Balaban J connectivity index is 1.86. The molecule has 0 unspecified atom stereocenters. The molecule has 0 aliphatic rings. The summed E-state index contributed by atoms with van der Waals surface area (Å²) in [7, 11) is 2.85. The second-order valence-electron chi connectivity index (χ2n) is 7.15. The van der Waals surface area contributed by atoms with Gasteiger partial charge in [0.05, 0.1) is 13.7 Å². The molecule has 3 aromatic rings. The third-order valence-corrected chi connectivity index (χ3v) is 4.96. The van der Waals surface area contributed by atoms with Crippen molar-refractivity contribution in [2.24, 2.45) is 0 Å². The number of anilines is 2. The maximum atomic E-state index is 12.8. The summed E-state index contributed by atoms with van der Waals surface area (Å²) in [5.74, 6) is 0.130. The number of carbonyl (C=O) groups excluding carboxylic acids is 1. The Labute approximate surface area is 195 Å². The van der Waals surface area contributed by atoms with Crippen LogP contribution in [-0.2, 0) is 11.3 Å². The number of nitrogen functional groups attached to an aromatic ring is 1. The summed E-state index contributed by atoms with van der Waals surface area (Å²) >= 11 is 0. The predicted octanol–water partition coefficient (Wildman–Crippen LogP) is 1.75. The summed E-state index contributed by atoms with van der Waals surface area (Å²) in [6.45, 7) is 0.00435. The van der Waals surface area contributed by atoms with Gasteiger partial charge in [0.1, 0.15) is 11.9 Å². The molecule has 10 nitrogen and oxygen atoms in total. The largest absolute Gasteiger partial charge is 0.493 e. The zero-order valence-electron chi connectivity index (χ0n) is 18.6. The minimum Gasteiger partial charge on any atom is -0.493 e. The first-order valence-corrected chi connectivity index (χ1v) is 10.2. The molecule has 3 rings (SSSR count). The van der Waals surface area contributed by atoms with E-state index in [1.165, 1.54) is 30.9 Å². The third-order valence-electron chi connectivity index (χ3n) is 4.96. The Bertz CT molecular complexity index is 1370. The number of likely N-dealkylation sites (N-methyl/N-ethyl adjacent to an activating group) is 1. The lowest BCUT2D eigenvalue weighted by Gasteiger charge is -2.19. The fourth-order valence-electron chi connectivity index (χ4n) is 3.23. The summed E-state index contributed by atoms with van der Waals surface area (Å²) in [4.78, 5) is 40.9. The van der Waals surface area contributed by atoms with Crippen molar-refractivity contribution in [3.63, 3.8) is 0 Å². The first-order valence-electron chi connectivity index (χ1n) is 10.2. The zero-order valence-corrected chi connectivity index (χ0v) is 18.6. The van der Waals surface area contributed by atoms with E-state index in [0.717, 1.165) is 10.5 Å². The molecule has 34 heavy (non-hydrogen) atoms. The van der Waals surface area contributed by atoms with Crippen molar-refractivity contribution >= 4 is 23.5 Å². The van der Waals surface area contributed by atoms with Gasteiger partial charge in [-0.1, -0.05) is 36.4 Å². The highest BCUT2D eigenvalue weighted by Gasteiger charge is 2.19. The summed E-state index contributed by atoms with van der Waals surface area (Å²) in [5, 5.41) is 8.66. The SMILES string of the molecule is COc1cc(C=CC(=O)N(C)c2c(N)n(Cc3ccccc3)c(=O)[nH]c2=O)ccc1OCC#N. The van der Waals surface area contributed by atoms with Crippen molar-refractivity contribution in [1.82, 2.24) is 9.55 Å². The van der Waals surface area contributed by atoms with Crippen LogP contribution in [0.25, 0.3) is 6.08 Å². The summed E-state index contributed by atoms with van der Waals surface area (Å²) in [6, 6.07) is 15.9. The van der Waals surface area contributed by atoms with Crippen LogP contribution in [0.15, 0.2) is 64.2 Å². The minimum absolute atomic E-state index is 0.123. The second-order valence-corrected chi connectivity index (χ2v) is 7.15. The van der Waals surface area contributed by atoms with E-state index in [1.54, 1.807) is 18.2 Å². The molecule has 0 aliphatic heterocycles. The molecule has 2 aromatic carbocycles. The van der Waals surface area contributed by atoms with E-state index in [0.29, 0.717) is 17.1 Å². The number of aromatic nitrogens is 2. The Morgan fingerprint density at radius 2 is 1.94 bits per heavy atom. The van der Waals surface area contributed by atoms with Crippen molar-refractivity contribution in [3.05, 3.63) is 86.6 Å². The number of aromatic amines is 1. The average molecular weight is 461 g/mol. The van der Waals surface area contributed by atoms with Crippen LogP contribution in [0, 0.1) is 11.3 Å². The van der Waals surface area contributed by atoms with E-state index >= 15 is 0 Å². The third kappa shape index (κ3) is 5.34. The van der Waals surface area contributed by atoms with Gasteiger partial charge in [-0.3, -0.25) is 19.1 Å². The molecule has 0 saturated heterocycles. The topological polar surface area (TPSA) is 143 Å². The minimum atomic E-state index is -0.767. The number of ether oxygens (including phenoxy) is 2. The van der Waals surface area contributed by atoms with Gasteiger partial charge in [0, 0.05) is 13.1 Å². The number of H-pyrrole nitrogens is 1. The van der Waals surface area contributed by atoms with E-state index in [2.05, 4.69) is 4.98 Å². The van der Waals surface area contributed by atoms with Crippen LogP contribution in [0.1, 0.15) is 11.1 Å². The van der Waals surface area contributed by atoms with Crippen molar-refractivity contribution in [3.8, 4) is 17.6 Å². The van der Waals surface area contributed by atoms with Crippen molar-refractivity contribution in [2.45, 2.75) is 6.54 Å². The van der Waals surface area contributed by atoms with Crippen LogP contribution in [0.3, 0.4) is 0 Å². The quantitative estimate of drug-likeness (QED) is 0.486. The lowest BCUT2D eigenvalue weighted by atomic mass is 10.2. The average Bonchev–Trinajstić information content (AvgIpc) is 2.84. The Hall–Kier alpha value is -4.78. The number of nitrogens with one attached hydrogen (secondary N) is 1. The van der Waals surface area contributed by atoms with Gasteiger partial charge in [-0.15, -0.1) is 0 Å². The number of hydrogen-bond donors (Lipinski definition) is 2. The summed E-state index contributed by atoms with van der Waals surface area (Å²) < 4.78 is 11.7. The number of benzene rings is 2. The van der Waals surface area contributed by atoms with Crippen LogP contribution < -0.4 is 31.4 Å². The van der Waals surface area contributed by atoms with Crippen molar-refractivity contribution in [1.29, 1.82) is 5.26 Å². The molecule has 0 atom stereocenters. The zero-order chi connectivity index (χ0) is 24.7. The molecular weight excluding hydrogens is 438 g/mol. The highest BCUT2D eigenvalue weighted by atomic mass is 16.5. The summed E-state index contributed by atoms with van der Waals surface area (Å²) in [6.07, 6.45) is 2.79. The number of nitrogens with zero attached hydrogens (tertiary/aromatic N) is 3. The second kappa shape index (κ2) is 10.7. The standard InChI is InChI=1S/C24H23N5O5/c1-28(20(30)11-9-16-8-10-18(34-13-12-25)19(14-16)33-2)21-22(26)29(24(32)27-23(21)31)15-17-6-4-3-5-7-17/h3-11,14H,13,15,26H2,1-2H3,(H,27,31,32). The van der Waals surface area contributed by atoms with Gasteiger partial charge in [0.15, 0.2) is 23.8 Å². The molecular formula is C24H23N5O5. The predicted molar refractivity (Wildman–Crippen MR) is 128 cm³/mol. The molecule has 0 saturated carbocycles. The van der Waals surface area contributed by atoms with Gasteiger partial charge in [0.2, 0.25) is 0 Å². The van der Waals surface area contributed by atoms with Crippen molar-refractivity contribution in [2.75, 3.05) is 31.4 Å². The highest BCUT2D eigenvalue weighted by molar-refractivity contribution is 6.04. The molecule has 0 bridgehead atoms. The molecule has 0 fully saturated rings. The number of methoxy groups -OCH3 is 1. The molecule has 174 valence electrons. The molecule has 0 spiro atoms. The maximum absolute atomic E-state index is 12.8.